The van der Waals surface area contributed by atoms with Crippen molar-refractivity contribution in [3.8, 4) is 0 Å². The molecule has 0 spiro atoms. The van der Waals surface area contributed by atoms with E-state index in [1.54, 1.807) is 29.2 Å². The molecule has 1 heterocycles. The lowest BCUT2D eigenvalue weighted by Gasteiger charge is -2.19. The number of hydrogen-bond donors (Lipinski definition) is 2. The first-order valence-corrected chi connectivity index (χ1v) is 9.05. The molecule has 3 rings (SSSR count). The number of nitrogens with one attached hydrogen (secondary N) is 2. The molecule has 7 heteroatoms. The predicted molar refractivity (Wildman–Crippen MR) is 108 cm³/mol. The van der Waals surface area contributed by atoms with Crippen molar-refractivity contribution in [1.82, 2.24) is 0 Å². The van der Waals surface area contributed by atoms with Crippen LogP contribution >= 0.6 is 0 Å². The van der Waals surface area contributed by atoms with Gasteiger partial charge in [0.1, 0.15) is 6.10 Å². The SMILES string of the molecule is CC(=O)Nc1ccc(NC(=O)OC2CC(=O)N(c3cc(C)ccc3C)C2)cc1. The van der Waals surface area contributed by atoms with Crippen molar-refractivity contribution in [3.05, 3.63) is 53.6 Å². The van der Waals surface area contributed by atoms with Crippen LogP contribution in [0, 0.1) is 13.8 Å². The van der Waals surface area contributed by atoms with Crippen LogP contribution in [-0.4, -0.2) is 30.6 Å². The maximum Gasteiger partial charge on any atom is 0.411 e. The van der Waals surface area contributed by atoms with Crippen LogP contribution in [0.3, 0.4) is 0 Å². The van der Waals surface area contributed by atoms with Gasteiger partial charge in [0, 0.05) is 24.0 Å². The second-order valence-electron chi connectivity index (χ2n) is 6.91. The van der Waals surface area contributed by atoms with Crippen LogP contribution in [0.25, 0.3) is 0 Å². The molecule has 3 amide bonds. The number of rotatable bonds is 4. The molecule has 2 aromatic carbocycles. The van der Waals surface area contributed by atoms with Gasteiger partial charge >= 0.3 is 6.09 Å². The van der Waals surface area contributed by atoms with E-state index in [9.17, 15) is 14.4 Å². The minimum absolute atomic E-state index is 0.0637. The zero-order valence-corrected chi connectivity index (χ0v) is 16.1. The van der Waals surface area contributed by atoms with Crippen molar-refractivity contribution in [2.24, 2.45) is 0 Å². The van der Waals surface area contributed by atoms with Crippen LogP contribution < -0.4 is 15.5 Å². The van der Waals surface area contributed by atoms with Gasteiger partial charge in [0.2, 0.25) is 11.8 Å². The number of aryl methyl sites for hydroxylation is 2. The molecule has 2 N–H and O–H groups in total. The molecule has 0 radical (unpaired) electrons. The van der Waals surface area contributed by atoms with E-state index in [0.717, 1.165) is 16.8 Å². The Labute approximate surface area is 163 Å². The van der Waals surface area contributed by atoms with Crippen LogP contribution in [-0.2, 0) is 14.3 Å². The first-order chi connectivity index (χ1) is 13.3. The van der Waals surface area contributed by atoms with Gasteiger partial charge in [-0.3, -0.25) is 14.9 Å². The summed E-state index contributed by atoms with van der Waals surface area (Å²) in [5.41, 5.74) is 4.10. The third-order valence-electron chi connectivity index (χ3n) is 4.47. The van der Waals surface area contributed by atoms with E-state index in [2.05, 4.69) is 10.6 Å². The quantitative estimate of drug-likeness (QED) is 0.847. The fraction of sp³-hybridized carbons (Fsp3) is 0.286. The Balaban J connectivity index is 1.58. The van der Waals surface area contributed by atoms with Gasteiger partial charge in [0.25, 0.3) is 0 Å². The van der Waals surface area contributed by atoms with Crippen LogP contribution in [0.4, 0.5) is 21.9 Å². The molecule has 1 saturated heterocycles. The van der Waals surface area contributed by atoms with Crippen molar-refractivity contribution in [2.75, 3.05) is 22.1 Å². The maximum absolute atomic E-state index is 12.4. The molecule has 28 heavy (non-hydrogen) atoms. The topological polar surface area (TPSA) is 87.7 Å². The van der Waals surface area contributed by atoms with E-state index >= 15 is 0 Å². The summed E-state index contributed by atoms with van der Waals surface area (Å²) in [6.45, 7) is 5.68. The number of amides is 3. The van der Waals surface area contributed by atoms with E-state index in [1.165, 1.54) is 6.92 Å². The number of ether oxygens (including phenoxy) is 1. The summed E-state index contributed by atoms with van der Waals surface area (Å²) in [5.74, 6) is -0.231. The van der Waals surface area contributed by atoms with E-state index in [1.807, 2.05) is 32.0 Å². The van der Waals surface area contributed by atoms with Crippen molar-refractivity contribution in [1.29, 1.82) is 0 Å². The van der Waals surface area contributed by atoms with Gasteiger partial charge in [0.05, 0.1) is 13.0 Å². The highest BCUT2D eigenvalue weighted by atomic mass is 16.6. The highest BCUT2D eigenvalue weighted by Gasteiger charge is 2.33. The van der Waals surface area contributed by atoms with Crippen LogP contribution in [0.2, 0.25) is 0 Å². The Bertz CT molecular complexity index is 908. The van der Waals surface area contributed by atoms with Gasteiger partial charge in [-0.05, 0) is 55.3 Å². The van der Waals surface area contributed by atoms with Crippen molar-refractivity contribution < 1.29 is 19.1 Å². The average molecular weight is 381 g/mol. The molecule has 1 fully saturated rings. The second kappa shape index (κ2) is 8.12. The summed E-state index contributed by atoms with van der Waals surface area (Å²) in [5, 5.41) is 5.29. The molecule has 2 aromatic rings. The largest absolute Gasteiger partial charge is 0.444 e. The van der Waals surface area contributed by atoms with Gasteiger partial charge in [0.15, 0.2) is 0 Å². The summed E-state index contributed by atoms with van der Waals surface area (Å²) < 4.78 is 5.42. The van der Waals surface area contributed by atoms with Gasteiger partial charge in [-0.15, -0.1) is 0 Å². The fourth-order valence-corrected chi connectivity index (χ4v) is 3.14. The molecule has 1 unspecified atom stereocenters. The van der Waals surface area contributed by atoms with E-state index in [0.29, 0.717) is 17.9 Å². The first-order valence-electron chi connectivity index (χ1n) is 9.05. The number of carbonyl (C=O) groups excluding carboxylic acids is 3. The standard InChI is InChI=1S/C21H23N3O4/c1-13-4-5-14(2)19(10-13)24-12-18(11-20(24)26)28-21(27)23-17-8-6-16(7-9-17)22-15(3)25/h4-10,18H,11-12H2,1-3H3,(H,22,25)(H,23,27). The zero-order chi connectivity index (χ0) is 20.3. The third-order valence-corrected chi connectivity index (χ3v) is 4.47. The Kier molecular flexibility index (Phi) is 5.63. The fourth-order valence-electron chi connectivity index (χ4n) is 3.14. The third kappa shape index (κ3) is 4.68. The molecule has 7 nitrogen and oxygen atoms in total. The van der Waals surface area contributed by atoms with E-state index < -0.39 is 12.2 Å². The predicted octanol–water partition coefficient (Wildman–Crippen LogP) is 3.62. The first kappa shape index (κ1) is 19.4. The summed E-state index contributed by atoms with van der Waals surface area (Å²) in [4.78, 5) is 37.3. The molecule has 0 aliphatic carbocycles. The summed E-state index contributed by atoms with van der Waals surface area (Å²) in [7, 11) is 0. The maximum atomic E-state index is 12.4. The Hall–Kier alpha value is -3.35. The molecule has 1 atom stereocenters. The van der Waals surface area contributed by atoms with Crippen molar-refractivity contribution >= 4 is 35.0 Å². The number of hydrogen-bond acceptors (Lipinski definition) is 4. The molecule has 1 aliphatic heterocycles. The normalized spacial score (nSPS) is 16.0. The monoisotopic (exact) mass is 381 g/mol. The summed E-state index contributed by atoms with van der Waals surface area (Å²) >= 11 is 0. The average Bonchev–Trinajstić information content (AvgIpc) is 2.98. The smallest absolute Gasteiger partial charge is 0.411 e. The lowest BCUT2D eigenvalue weighted by Crippen LogP contribution is -2.28. The Morgan fingerprint density at radius 1 is 1.04 bits per heavy atom. The summed E-state index contributed by atoms with van der Waals surface area (Å²) in [6, 6.07) is 12.6. The van der Waals surface area contributed by atoms with Crippen LogP contribution in [0.1, 0.15) is 24.5 Å². The van der Waals surface area contributed by atoms with E-state index in [4.69, 9.17) is 4.74 Å². The molecule has 0 aromatic heterocycles. The van der Waals surface area contributed by atoms with E-state index in [-0.39, 0.29) is 18.2 Å². The Morgan fingerprint density at radius 3 is 2.32 bits per heavy atom. The van der Waals surface area contributed by atoms with Gasteiger partial charge < -0.3 is 15.0 Å². The van der Waals surface area contributed by atoms with Gasteiger partial charge in [-0.25, -0.2) is 4.79 Å². The number of nitrogens with zero attached hydrogens (tertiary/aromatic N) is 1. The van der Waals surface area contributed by atoms with Crippen LogP contribution in [0.5, 0.6) is 0 Å². The molecular weight excluding hydrogens is 358 g/mol. The minimum Gasteiger partial charge on any atom is -0.444 e. The van der Waals surface area contributed by atoms with Crippen molar-refractivity contribution in [3.63, 3.8) is 0 Å². The molecule has 146 valence electrons. The lowest BCUT2D eigenvalue weighted by atomic mass is 10.1. The van der Waals surface area contributed by atoms with Crippen molar-refractivity contribution in [2.45, 2.75) is 33.3 Å². The zero-order valence-electron chi connectivity index (χ0n) is 16.1. The summed E-state index contributed by atoms with van der Waals surface area (Å²) in [6.07, 6.45) is -0.971. The Morgan fingerprint density at radius 2 is 1.68 bits per heavy atom. The van der Waals surface area contributed by atoms with Gasteiger partial charge in [-0.2, -0.15) is 0 Å². The number of carbonyl (C=O) groups is 3. The van der Waals surface area contributed by atoms with Gasteiger partial charge in [-0.1, -0.05) is 12.1 Å². The number of anilines is 3. The molecule has 0 bridgehead atoms. The number of benzene rings is 2. The molecular formula is C21H23N3O4. The minimum atomic E-state index is -0.618. The highest BCUT2D eigenvalue weighted by Crippen LogP contribution is 2.27. The highest BCUT2D eigenvalue weighted by molar-refractivity contribution is 5.97. The second-order valence-corrected chi connectivity index (χ2v) is 6.91. The molecule has 1 aliphatic rings. The lowest BCUT2D eigenvalue weighted by molar-refractivity contribution is -0.117. The molecule has 0 saturated carbocycles. The van der Waals surface area contributed by atoms with Crippen LogP contribution in [0.15, 0.2) is 42.5 Å².